The largest absolute Gasteiger partial charge is 0.357 e. The van der Waals surface area contributed by atoms with E-state index in [1.807, 2.05) is 13.8 Å². The highest BCUT2D eigenvalue weighted by atomic mass is 127. The van der Waals surface area contributed by atoms with Gasteiger partial charge in [-0.05, 0) is 26.2 Å². The standard InChI is InChI=1S/C17H34N4O3S2.HI/c1-3-18-17(19-8-9-21-10-12-26(23,24)13-11-21)20-15-6-5-7-16(14-15)25(22)4-2;/h15-16H,3-14H2,1-2H3,(H2,18,19,20);1H. The lowest BCUT2D eigenvalue weighted by atomic mass is 9.95. The molecule has 1 aliphatic heterocycles. The number of hydrogen-bond donors (Lipinski definition) is 2. The van der Waals surface area contributed by atoms with Crippen LogP contribution in [0.2, 0.25) is 0 Å². The van der Waals surface area contributed by atoms with E-state index in [1.54, 1.807) is 0 Å². The molecule has 0 spiro atoms. The molecule has 0 aromatic carbocycles. The van der Waals surface area contributed by atoms with Gasteiger partial charge in [0.25, 0.3) is 0 Å². The molecule has 160 valence electrons. The number of rotatable bonds is 7. The third-order valence-electron chi connectivity index (χ3n) is 5.09. The first kappa shape index (κ1) is 25.1. The summed E-state index contributed by atoms with van der Waals surface area (Å²) in [5.74, 6) is 2.06. The summed E-state index contributed by atoms with van der Waals surface area (Å²) in [4.78, 5) is 6.82. The highest BCUT2D eigenvalue weighted by Gasteiger charge is 2.26. The first-order valence-electron chi connectivity index (χ1n) is 9.78. The maximum absolute atomic E-state index is 12.1. The van der Waals surface area contributed by atoms with Gasteiger partial charge >= 0.3 is 0 Å². The van der Waals surface area contributed by atoms with Gasteiger partial charge in [0.05, 0.1) is 18.1 Å². The van der Waals surface area contributed by atoms with Crippen LogP contribution in [0.1, 0.15) is 39.5 Å². The van der Waals surface area contributed by atoms with Gasteiger partial charge in [-0.15, -0.1) is 24.0 Å². The van der Waals surface area contributed by atoms with Gasteiger partial charge in [0.1, 0.15) is 0 Å². The molecule has 2 N–H and O–H groups in total. The molecule has 2 aliphatic rings. The van der Waals surface area contributed by atoms with Gasteiger partial charge in [-0.3, -0.25) is 14.1 Å². The summed E-state index contributed by atoms with van der Waals surface area (Å²) in [6, 6.07) is 0.321. The third-order valence-corrected chi connectivity index (χ3v) is 8.44. The molecule has 0 amide bonds. The van der Waals surface area contributed by atoms with E-state index < -0.39 is 20.6 Å². The number of aliphatic imine (C=N–C) groups is 1. The second-order valence-electron chi connectivity index (χ2n) is 7.05. The molecule has 2 fully saturated rings. The van der Waals surface area contributed by atoms with Gasteiger partial charge in [-0.1, -0.05) is 13.3 Å². The topological polar surface area (TPSA) is 90.9 Å². The van der Waals surface area contributed by atoms with Crippen LogP contribution in [0.5, 0.6) is 0 Å². The highest BCUT2D eigenvalue weighted by molar-refractivity contribution is 14.0. The summed E-state index contributed by atoms with van der Waals surface area (Å²) in [6.07, 6.45) is 4.20. The molecule has 10 heteroatoms. The Kier molecular flexibility index (Phi) is 11.7. The molecule has 3 atom stereocenters. The monoisotopic (exact) mass is 534 g/mol. The zero-order valence-electron chi connectivity index (χ0n) is 16.5. The second kappa shape index (κ2) is 12.6. The van der Waals surface area contributed by atoms with Crippen molar-refractivity contribution in [3.63, 3.8) is 0 Å². The molecule has 0 aromatic rings. The Morgan fingerprint density at radius 1 is 1.22 bits per heavy atom. The summed E-state index contributed by atoms with van der Waals surface area (Å²) < 4.78 is 35.1. The lowest BCUT2D eigenvalue weighted by molar-refractivity contribution is 0.304. The van der Waals surface area contributed by atoms with Gasteiger partial charge in [-0.2, -0.15) is 0 Å². The Labute approximate surface area is 183 Å². The number of guanidine groups is 1. The molecule has 3 unspecified atom stereocenters. The maximum atomic E-state index is 12.1. The van der Waals surface area contributed by atoms with E-state index >= 15 is 0 Å². The van der Waals surface area contributed by atoms with Crippen molar-refractivity contribution in [3.8, 4) is 0 Å². The zero-order chi connectivity index (χ0) is 19.0. The van der Waals surface area contributed by atoms with Gasteiger partial charge < -0.3 is 10.6 Å². The molecule has 0 radical (unpaired) electrons. The molecule has 27 heavy (non-hydrogen) atoms. The van der Waals surface area contributed by atoms with Crippen LogP contribution in [0, 0.1) is 0 Å². The normalized spacial score (nSPS) is 27.4. The van der Waals surface area contributed by atoms with Crippen LogP contribution in [0.15, 0.2) is 4.99 Å². The summed E-state index contributed by atoms with van der Waals surface area (Å²) in [5.41, 5.74) is 0. The Balaban J connectivity index is 0.00000364. The van der Waals surface area contributed by atoms with Crippen molar-refractivity contribution >= 4 is 50.6 Å². The zero-order valence-corrected chi connectivity index (χ0v) is 20.4. The Morgan fingerprint density at radius 2 is 1.93 bits per heavy atom. The van der Waals surface area contributed by atoms with E-state index in [0.717, 1.165) is 50.5 Å². The van der Waals surface area contributed by atoms with Crippen molar-refractivity contribution in [2.24, 2.45) is 4.99 Å². The molecule has 1 saturated heterocycles. The van der Waals surface area contributed by atoms with Crippen molar-refractivity contribution in [2.45, 2.75) is 50.8 Å². The van der Waals surface area contributed by atoms with Crippen molar-refractivity contribution in [2.75, 3.05) is 50.0 Å². The fraction of sp³-hybridized carbons (Fsp3) is 0.941. The second-order valence-corrected chi connectivity index (χ2v) is 11.4. The lowest BCUT2D eigenvalue weighted by Gasteiger charge is -2.30. The molecule has 0 aromatic heterocycles. The van der Waals surface area contributed by atoms with Crippen molar-refractivity contribution in [1.29, 1.82) is 0 Å². The first-order valence-corrected chi connectivity index (χ1v) is 13.0. The minimum atomic E-state index is -2.83. The fourth-order valence-corrected chi connectivity index (χ4v) is 6.17. The van der Waals surface area contributed by atoms with Crippen LogP contribution < -0.4 is 10.6 Å². The van der Waals surface area contributed by atoms with Crippen LogP contribution >= 0.6 is 24.0 Å². The number of halogens is 1. The van der Waals surface area contributed by atoms with E-state index in [2.05, 4.69) is 20.5 Å². The van der Waals surface area contributed by atoms with Crippen LogP contribution in [0.25, 0.3) is 0 Å². The molecular weight excluding hydrogens is 499 g/mol. The molecule has 2 rings (SSSR count). The van der Waals surface area contributed by atoms with Crippen LogP contribution in [0.4, 0.5) is 0 Å². The van der Waals surface area contributed by atoms with E-state index in [-0.39, 0.29) is 35.5 Å². The minimum Gasteiger partial charge on any atom is -0.357 e. The van der Waals surface area contributed by atoms with Crippen LogP contribution in [-0.2, 0) is 20.6 Å². The minimum absolute atomic E-state index is 0. The van der Waals surface area contributed by atoms with Gasteiger partial charge in [0.2, 0.25) is 0 Å². The Hall–Kier alpha value is 0.0600. The van der Waals surface area contributed by atoms with Crippen molar-refractivity contribution in [1.82, 2.24) is 15.5 Å². The van der Waals surface area contributed by atoms with E-state index in [9.17, 15) is 12.6 Å². The van der Waals surface area contributed by atoms with E-state index in [1.165, 1.54) is 0 Å². The van der Waals surface area contributed by atoms with Crippen molar-refractivity contribution in [3.05, 3.63) is 0 Å². The number of sulfone groups is 1. The molecule has 1 aliphatic carbocycles. The van der Waals surface area contributed by atoms with Gasteiger partial charge in [0, 0.05) is 54.0 Å². The predicted molar refractivity (Wildman–Crippen MR) is 124 cm³/mol. The Morgan fingerprint density at radius 3 is 2.56 bits per heavy atom. The molecule has 1 saturated carbocycles. The predicted octanol–water partition coefficient (Wildman–Crippen LogP) is 0.970. The fourth-order valence-electron chi connectivity index (χ4n) is 3.54. The lowest BCUT2D eigenvalue weighted by Crippen LogP contribution is -2.47. The summed E-state index contributed by atoms with van der Waals surface area (Å²) in [7, 11) is -3.55. The average molecular weight is 535 g/mol. The number of nitrogens with one attached hydrogen (secondary N) is 2. The SMILES string of the molecule is CCNC(=NCCN1CCS(=O)(=O)CC1)NC1CCCC(S(=O)CC)C1.I. The molecule has 1 heterocycles. The van der Waals surface area contributed by atoms with Crippen molar-refractivity contribution < 1.29 is 12.6 Å². The quantitative estimate of drug-likeness (QED) is 0.288. The van der Waals surface area contributed by atoms with E-state index in [4.69, 9.17) is 0 Å². The summed E-state index contributed by atoms with van der Waals surface area (Å²) in [5, 5.41) is 7.09. The average Bonchev–Trinajstić information content (AvgIpc) is 2.63. The smallest absolute Gasteiger partial charge is 0.191 e. The van der Waals surface area contributed by atoms with E-state index in [0.29, 0.717) is 30.9 Å². The maximum Gasteiger partial charge on any atom is 0.191 e. The molecular formula is C17H35IN4O3S2. The molecule has 7 nitrogen and oxygen atoms in total. The summed E-state index contributed by atoms with van der Waals surface area (Å²) >= 11 is 0. The molecule has 0 bridgehead atoms. The highest BCUT2D eigenvalue weighted by Crippen LogP contribution is 2.22. The number of nitrogens with zero attached hydrogens (tertiary/aromatic N) is 2. The third kappa shape index (κ3) is 8.95. The number of hydrogen-bond acceptors (Lipinski definition) is 5. The van der Waals surface area contributed by atoms with Crippen LogP contribution in [-0.4, -0.2) is 84.8 Å². The summed E-state index contributed by atoms with van der Waals surface area (Å²) in [6.45, 7) is 7.47. The van der Waals surface area contributed by atoms with Gasteiger partial charge in [-0.25, -0.2) is 8.42 Å². The van der Waals surface area contributed by atoms with Crippen LogP contribution in [0.3, 0.4) is 0 Å². The Bertz CT molecular complexity index is 587. The first-order chi connectivity index (χ1) is 12.4. The van der Waals surface area contributed by atoms with Gasteiger partial charge in [0.15, 0.2) is 15.8 Å².